The van der Waals surface area contributed by atoms with Gasteiger partial charge in [-0.2, -0.15) is 0 Å². The van der Waals surface area contributed by atoms with Gasteiger partial charge in [-0.05, 0) is 73.6 Å². The summed E-state index contributed by atoms with van der Waals surface area (Å²) in [6, 6.07) is 51.0. The SMILES string of the molecule is CC(=[C-]c1c(C)cccc1-c1[c-]c(-c2cc(-c3ccccc3)ccn2)cc(C(C)(C)C)c1)c1cc(C(C)(C)C)cc(C(C)(C)C)c1O.Cc1ccc(C(C)(C)C)cc1-c1ccccc1.[Pt+2]. The first-order valence-corrected chi connectivity index (χ1v) is 22.8. The van der Waals surface area contributed by atoms with E-state index in [0.717, 1.165) is 61.3 Å². The zero-order valence-electron chi connectivity index (χ0n) is 41.5. The minimum atomic E-state index is -0.210. The average molecular weight is 1040 g/mol. The molecule has 7 aromatic rings. The zero-order valence-corrected chi connectivity index (χ0v) is 43.8. The molecular formula is C62H69NOPt. The first-order chi connectivity index (χ1) is 29.9. The molecule has 0 saturated heterocycles. The molecule has 0 atom stereocenters. The molecule has 1 aromatic heterocycles. The summed E-state index contributed by atoms with van der Waals surface area (Å²) in [5.74, 6) is 0.332. The van der Waals surface area contributed by atoms with Gasteiger partial charge < -0.3 is 5.11 Å². The molecule has 0 bridgehead atoms. The predicted molar refractivity (Wildman–Crippen MR) is 275 cm³/mol. The largest absolute Gasteiger partial charge is 2.00 e. The molecule has 3 heteroatoms. The minimum absolute atomic E-state index is 0. The van der Waals surface area contributed by atoms with Gasteiger partial charge in [-0.25, -0.2) is 0 Å². The smallest absolute Gasteiger partial charge is 0.517 e. The molecule has 0 fully saturated rings. The van der Waals surface area contributed by atoms with Gasteiger partial charge in [0.15, 0.2) is 0 Å². The monoisotopic (exact) mass is 1040 g/mol. The third-order valence-electron chi connectivity index (χ3n) is 12.1. The van der Waals surface area contributed by atoms with Crippen LogP contribution in [0, 0.1) is 26.0 Å². The van der Waals surface area contributed by atoms with E-state index in [1.807, 2.05) is 12.3 Å². The van der Waals surface area contributed by atoms with E-state index in [9.17, 15) is 5.11 Å². The Labute approximate surface area is 406 Å². The Bertz CT molecular complexity index is 2770. The molecule has 0 saturated carbocycles. The van der Waals surface area contributed by atoms with Crippen molar-refractivity contribution in [2.24, 2.45) is 0 Å². The van der Waals surface area contributed by atoms with Gasteiger partial charge in [-0.15, -0.1) is 58.2 Å². The molecular weight excluding hydrogens is 970 g/mol. The summed E-state index contributed by atoms with van der Waals surface area (Å²) in [6.07, 6.45) is 5.65. The maximum absolute atomic E-state index is 11.6. The van der Waals surface area contributed by atoms with Crippen LogP contribution in [0.25, 0.3) is 50.2 Å². The number of pyridine rings is 1. The number of aromatic hydroxyl groups is 1. The third kappa shape index (κ3) is 12.3. The number of benzene rings is 6. The fraction of sp³-hybridized carbons (Fsp3) is 0.306. The number of nitrogens with zero attached hydrogens (tertiary/aromatic N) is 1. The maximum Gasteiger partial charge on any atom is 2.00 e. The van der Waals surface area contributed by atoms with E-state index in [4.69, 9.17) is 4.98 Å². The van der Waals surface area contributed by atoms with Crippen molar-refractivity contribution >= 4 is 5.57 Å². The Morgan fingerprint density at radius 3 is 1.66 bits per heavy atom. The van der Waals surface area contributed by atoms with Crippen molar-refractivity contribution in [3.8, 4) is 50.4 Å². The van der Waals surface area contributed by atoms with Crippen LogP contribution in [0.2, 0.25) is 0 Å². The van der Waals surface area contributed by atoms with Crippen molar-refractivity contribution in [3.63, 3.8) is 0 Å². The zero-order chi connectivity index (χ0) is 46.8. The number of rotatable bonds is 6. The van der Waals surface area contributed by atoms with E-state index < -0.39 is 0 Å². The Balaban J connectivity index is 0.000000369. The molecule has 338 valence electrons. The van der Waals surface area contributed by atoms with Crippen LogP contribution in [0.1, 0.15) is 135 Å². The van der Waals surface area contributed by atoms with Gasteiger partial charge in [0.1, 0.15) is 0 Å². The van der Waals surface area contributed by atoms with E-state index in [1.54, 1.807) is 0 Å². The third-order valence-corrected chi connectivity index (χ3v) is 12.1. The average Bonchev–Trinajstić information content (AvgIpc) is 3.23. The van der Waals surface area contributed by atoms with Crippen LogP contribution in [-0.2, 0) is 42.7 Å². The fourth-order valence-corrected chi connectivity index (χ4v) is 7.93. The van der Waals surface area contributed by atoms with Gasteiger partial charge in [0.25, 0.3) is 0 Å². The van der Waals surface area contributed by atoms with Gasteiger partial charge in [0.2, 0.25) is 0 Å². The van der Waals surface area contributed by atoms with Gasteiger partial charge in [0.05, 0.1) is 5.75 Å². The maximum atomic E-state index is 11.6. The number of allylic oxidation sites excluding steroid dienone is 1. The summed E-state index contributed by atoms with van der Waals surface area (Å²) in [6.45, 7) is 33.0. The van der Waals surface area contributed by atoms with Crippen LogP contribution in [-0.4, -0.2) is 10.1 Å². The molecule has 0 aliphatic carbocycles. The second kappa shape index (κ2) is 20.1. The summed E-state index contributed by atoms with van der Waals surface area (Å²) in [7, 11) is 0. The molecule has 1 N–H and O–H groups in total. The van der Waals surface area contributed by atoms with E-state index in [2.05, 4.69) is 243 Å². The summed E-state index contributed by atoms with van der Waals surface area (Å²) < 4.78 is 0. The van der Waals surface area contributed by atoms with E-state index in [-0.39, 0.29) is 42.7 Å². The molecule has 0 aliphatic rings. The quantitative estimate of drug-likeness (QED) is 0.133. The summed E-state index contributed by atoms with van der Waals surface area (Å²) in [5, 5.41) is 11.6. The van der Waals surface area contributed by atoms with Gasteiger partial charge in [0, 0.05) is 11.9 Å². The Morgan fingerprint density at radius 2 is 1.08 bits per heavy atom. The number of hydrogen-bond donors (Lipinski definition) is 1. The van der Waals surface area contributed by atoms with Gasteiger partial charge in [-0.1, -0.05) is 228 Å². The first-order valence-electron chi connectivity index (χ1n) is 22.8. The molecule has 1 heterocycles. The van der Waals surface area contributed by atoms with Crippen LogP contribution in [0.5, 0.6) is 5.75 Å². The fourth-order valence-electron chi connectivity index (χ4n) is 7.93. The van der Waals surface area contributed by atoms with Crippen molar-refractivity contribution in [1.29, 1.82) is 0 Å². The molecule has 6 aromatic carbocycles. The van der Waals surface area contributed by atoms with Crippen molar-refractivity contribution in [2.45, 2.75) is 126 Å². The topological polar surface area (TPSA) is 33.1 Å². The Kier molecular flexibility index (Phi) is 15.6. The van der Waals surface area contributed by atoms with Crippen molar-refractivity contribution < 1.29 is 26.2 Å². The summed E-state index contributed by atoms with van der Waals surface area (Å²) in [4.78, 5) is 4.81. The number of phenols is 1. The van der Waals surface area contributed by atoms with Crippen LogP contribution in [0.3, 0.4) is 0 Å². The van der Waals surface area contributed by atoms with Crippen LogP contribution in [0.15, 0.2) is 140 Å². The molecule has 2 nitrogen and oxygen atoms in total. The summed E-state index contributed by atoms with van der Waals surface area (Å²) in [5.41, 5.74) is 18.6. The molecule has 7 rings (SSSR count). The Morgan fingerprint density at radius 1 is 0.508 bits per heavy atom. The van der Waals surface area contributed by atoms with Gasteiger partial charge in [-0.3, -0.25) is 4.98 Å². The molecule has 0 unspecified atom stereocenters. The Hall–Kier alpha value is -5.30. The molecule has 0 spiro atoms. The molecule has 65 heavy (non-hydrogen) atoms. The van der Waals surface area contributed by atoms with E-state index in [0.29, 0.717) is 5.75 Å². The van der Waals surface area contributed by atoms with Crippen LogP contribution < -0.4 is 0 Å². The number of aryl methyl sites for hydroxylation is 2. The predicted octanol–water partition coefficient (Wildman–Crippen LogP) is 17.0. The van der Waals surface area contributed by atoms with Crippen LogP contribution >= 0.6 is 0 Å². The summed E-state index contributed by atoms with van der Waals surface area (Å²) >= 11 is 0. The number of phenolic OH excluding ortho intramolecular Hbond substituents is 1. The first kappa shape index (κ1) is 50.7. The van der Waals surface area contributed by atoms with Crippen molar-refractivity contribution in [3.05, 3.63) is 196 Å². The molecule has 0 aliphatic heterocycles. The molecule has 0 radical (unpaired) electrons. The van der Waals surface area contributed by atoms with E-state index >= 15 is 0 Å². The second-order valence-electron chi connectivity index (χ2n) is 21.6. The van der Waals surface area contributed by atoms with Gasteiger partial charge >= 0.3 is 21.1 Å². The number of aromatic nitrogens is 1. The number of hydrogen-bond acceptors (Lipinski definition) is 2. The van der Waals surface area contributed by atoms with Crippen molar-refractivity contribution in [2.75, 3.05) is 0 Å². The molecule has 0 amide bonds. The second-order valence-corrected chi connectivity index (χ2v) is 21.6. The van der Waals surface area contributed by atoms with E-state index in [1.165, 1.54) is 33.4 Å². The van der Waals surface area contributed by atoms with Crippen molar-refractivity contribution in [1.82, 2.24) is 4.98 Å². The van der Waals surface area contributed by atoms with Crippen LogP contribution in [0.4, 0.5) is 0 Å². The standard InChI is InChI=1S/C45H49NO.C17H20.Pt/c1-29-16-15-19-37(38(29)22-30(2)39-27-36(44(6,7)8)28-40(42(39)47)45(9,10)11)33-23-34(25-35(24-33)43(3,4)5)41-26-32(20-21-46-41)31-17-13-12-14-18-31;1-13-10-11-15(17(2,3)4)12-16(13)14-8-6-5-7-9-14;/h12-21,24-28,47H,1-11H3;5-12H,1-4H3;/q-2;;+2. The minimum Gasteiger partial charge on any atom is -0.517 e. The normalized spacial score (nSPS) is 12.3.